The van der Waals surface area contributed by atoms with Crippen LogP contribution in [-0.2, 0) is 10.8 Å². The number of hydrogen-bond donors (Lipinski definition) is 1. The second kappa shape index (κ2) is 4.09. The van der Waals surface area contributed by atoms with E-state index in [1.807, 2.05) is 48.6 Å². The molecule has 1 aliphatic rings. The van der Waals surface area contributed by atoms with Gasteiger partial charge in [-0.25, -0.2) is 0 Å². The molecule has 2 nitrogen and oxygen atoms in total. The van der Waals surface area contributed by atoms with Crippen molar-refractivity contribution in [1.29, 1.82) is 0 Å². The molecule has 1 heterocycles. The highest BCUT2D eigenvalue weighted by Crippen LogP contribution is 2.29. The first kappa shape index (κ1) is 10.7. The summed E-state index contributed by atoms with van der Waals surface area (Å²) in [5.41, 5.74) is 0.992. The van der Waals surface area contributed by atoms with E-state index in [0.29, 0.717) is 0 Å². The van der Waals surface area contributed by atoms with Crippen LogP contribution in [0.2, 0.25) is 0 Å². The lowest BCUT2D eigenvalue weighted by molar-refractivity contribution is 0.305. The molecule has 0 saturated heterocycles. The van der Waals surface area contributed by atoms with Crippen molar-refractivity contribution in [2.75, 3.05) is 6.61 Å². The summed E-state index contributed by atoms with van der Waals surface area (Å²) in [4.78, 5) is 0.824. The van der Waals surface area contributed by atoms with Gasteiger partial charge in [0.15, 0.2) is 0 Å². The van der Waals surface area contributed by atoms with Crippen molar-refractivity contribution in [1.82, 2.24) is 0 Å². The minimum atomic E-state index is -1.15. The molecule has 3 rings (SSSR count). The molecule has 0 radical (unpaired) electrons. The summed E-state index contributed by atoms with van der Waals surface area (Å²) in [7, 11) is -1.15. The Bertz CT molecular complexity index is 631. The molecule has 0 spiro atoms. The van der Waals surface area contributed by atoms with Crippen molar-refractivity contribution < 1.29 is 9.32 Å². The zero-order chi connectivity index (χ0) is 11.8. The van der Waals surface area contributed by atoms with E-state index in [-0.39, 0.29) is 11.9 Å². The molecule has 2 aromatic carbocycles. The molecule has 2 atom stereocenters. The number of hydrogen-bond acceptors (Lipinski definition) is 2. The van der Waals surface area contributed by atoms with Crippen molar-refractivity contribution in [3.05, 3.63) is 48.0 Å². The van der Waals surface area contributed by atoms with E-state index < -0.39 is 10.8 Å². The summed E-state index contributed by atoms with van der Waals surface area (Å²) in [6.07, 6.45) is 3.78. The fourth-order valence-corrected chi connectivity index (χ4v) is 3.40. The summed E-state index contributed by atoms with van der Waals surface area (Å²) >= 11 is 0. The van der Waals surface area contributed by atoms with Gasteiger partial charge in [-0.1, -0.05) is 36.4 Å². The van der Waals surface area contributed by atoms with Crippen molar-refractivity contribution in [2.24, 2.45) is 0 Å². The maximum absolute atomic E-state index is 12.2. The van der Waals surface area contributed by atoms with Gasteiger partial charge in [0.1, 0.15) is 0 Å². The Labute approximate surface area is 102 Å². The Morgan fingerprint density at radius 3 is 2.59 bits per heavy atom. The highest BCUT2D eigenvalue weighted by molar-refractivity contribution is 7.86. The second-order valence-electron chi connectivity index (χ2n) is 4.11. The van der Waals surface area contributed by atoms with E-state index >= 15 is 0 Å². The molecule has 17 heavy (non-hydrogen) atoms. The first-order chi connectivity index (χ1) is 8.29. The van der Waals surface area contributed by atoms with Crippen LogP contribution in [0.25, 0.3) is 16.8 Å². The standard InChI is InChI=1S/C14H12O2S/c15-9-13-6-5-12-7-10-3-1-2-4-11(10)8-14(12)17(13)16/h1-8,13,15H,9H2. The average molecular weight is 244 g/mol. The fourth-order valence-electron chi connectivity index (χ4n) is 2.12. The molecular formula is C14H12O2S. The third-order valence-corrected chi connectivity index (χ3v) is 4.68. The second-order valence-corrected chi connectivity index (χ2v) is 5.75. The lowest BCUT2D eigenvalue weighted by atomic mass is 10.1. The molecule has 2 aromatic rings. The van der Waals surface area contributed by atoms with E-state index in [0.717, 1.165) is 21.2 Å². The highest BCUT2D eigenvalue weighted by atomic mass is 32.2. The maximum Gasteiger partial charge on any atom is 0.0809 e. The van der Waals surface area contributed by atoms with Crippen LogP contribution >= 0.6 is 0 Å². The van der Waals surface area contributed by atoms with Crippen molar-refractivity contribution in [3.8, 4) is 0 Å². The van der Waals surface area contributed by atoms with E-state index in [1.165, 1.54) is 0 Å². The van der Waals surface area contributed by atoms with Gasteiger partial charge >= 0.3 is 0 Å². The molecule has 0 saturated carbocycles. The summed E-state index contributed by atoms with van der Waals surface area (Å²) in [6.45, 7) is -0.0740. The van der Waals surface area contributed by atoms with Gasteiger partial charge in [0.05, 0.1) is 22.7 Å². The maximum atomic E-state index is 12.2. The molecule has 0 aliphatic carbocycles. The van der Waals surface area contributed by atoms with Crippen LogP contribution in [-0.4, -0.2) is 21.2 Å². The topological polar surface area (TPSA) is 37.3 Å². The molecule has 2 unspecified atom stereocenters. The smallest absolute Gasteiger partial charge is 0.0809 e. The summed E-state index contributed by atoms with van der Waals surface area (Å²) < 4.78 is 12.2. The number of aliphatic hydroxyl groups excluding tert-OH is 1. The van der Waals surface area contributed by atoms with Crippen LogP contribution in [0.15, 0.2) is 47.4 Å². The minimum Gasteiger partial charge on any atom is -0.395 e. The minimum absolute atomic E-state index is 0.0740. The van der Waals surface area contributed by atoms with Crippen LogP contribution in [0.1, 0.15) is 5.56 Å². The SMILES string of the molecule is O=S1c2cc3ccccc3cc2C=CC1CO. The lowest BCUT2D eigenvalue weighted by Crippen LogP contribution is -2.20. The van der Waals surface area contributed by atoms with E-state index in [1.54, 1.807) is 0 Å². The number of rotatable bonds is 1. The van der Waals surface area contributed by atoms with E-state index in [2.05, 4.69) is 0 Å². The zero-order valence-electron chi connectivity index (χ0n) is 9.17. The number of fused-ring (bicyclic) bond motifs is 2. The largest absolute Gasteiger partial charge is 0.395 e. The molecule has 0 bridgehead atoms. The quantitative estimate of drug-likeness (QED) is 0.836. The van der Waals surface area contributed by atoms with Crippen LogP contribution in [0.4, 0.5) is 0 Å². The Kier molecular flexibility index (Phi) is 2.57. The van der Waals surface area contributed by atoms with Crippen molar-refractivity contribution in [2.45, 2.75) is 10.1 Å². The Morgan fingerprint density at radius 2 is 1.88 bits per heavy atom. The summed E-state index contributed by atoms with van der Waals surface area (Å²) in [5.74, 6) is 0. The Balaban J connectivity index is 2.24. The Morgan fingerprint density at radius 1 is 1.18 bits per heavy atom. The lowest BCUT2D eigenvalue weighted by Gasteiger charge is -2.17. The van der Waals surface area contributed by atoms with Crippen LogP contribution < -0.4 is 0 Å². The van der Waals surface area contributed by atoms with Crippen LogP contribution in [0.3, 0.4) is 0 Å². The highest BCUT2D eigenvalue weighted by Gasteiger charge is 2.21. The van der Waals surface area contributed by atoms with E-state index in [9.17, 15) is 4.21 Å². The van der Waals surface area contributed by atoms with Gasteiger partial charge in [-0.05, 0) is 28.5 Å². The molecule has 0 fully saturated rings. The molecule has 1 aliphatic heterocycles. The first-order valence-electron chi connectivity index (χ1n) is 5.52. The van der Waals surface area contributed by atoms with E-state index in [4.69, 9.17) is 5.11 Å². The van der Waals surface area contributed by atoms with Gasteiger partial charge in [-0.2, -0.15) is 0 Å². The average Bonchev–Trinajstić information content (AvgIpc) is 2.37. The molecule has 1 N–H and O–H groups in total. The normalized spacial score (nSPS) is 22.6. The zero-order valence-corrected chi connectivity index (χ0v) is 9.98. The van der Waals surface area contributed by atoms with Crippen LogP contribution in [0, 0.1) is 0 Å². The van der Waals surface area contributed by atoms with Gasteiger partial charge in [0, 0.05) is 4.90 Å². The van der Waals surface area contributed by atoms with Gasteiger partial charge in [-0.3, -0.25) is 4.21 Å². The molecule has 0 amide bonds. The van der Waals surface area contributed by atoms with Crippen molar-refractivity contribution in [3.63, 3.8) is 0 Å². The monoisotopic (exact) mass is 244 g/mol. The van der Waals surface area contributed by atoms with Crippen molar-refractivity contribution >= 4 is 27.6 Å². The Hall–Kier alpha value is -1.45. The number of benzene rings is 2. The van der Waals surface area contributed by atoms with Gasteiger partial charge in [0.25, 0.3) is 0 Å². The number of aliphatic hydroxyl groups is 1. The predicted molar refractivity (Wildman–Crippen MR) is 70.3 cm³/mol. The van der Waals surface area contributed by atoms with Crippen LogP contribution in [0.5, 0.6) is 0 Å². The van der Waals surface area contributed by atoms with Gasteiger partial charge in [0.2, 0.25) is 0 Å². The van der Waals surface area contributed by atoms with Gasteiger partial charge < -0.3 is 5.11 Å². The predicted octanol–water partition coefficient (Wildman–Crippen LogP) is 2.34. The third-order valence-electron chi connectivity index (χ3n) is 3.04. The van der Waals surface area contributed by atoms with Gasteiger partial charge in [-0.15, -0.1) is 0 Å². The molecular weight excluding hydrogens is 232 g/mol. The third kappa shape index (κ3) is 1.72. The summed E-state index contributed by atoms with van der Waals surface area (Å²) in [6, 6.07) is 12.0. The first-order valence-corrected chi connectivity index (χ1v) is 6.73. The molecule has 86 valence electrons. The summed E-state index contributed by atoms with van der Waals surface area (Å²) in [5, 5.41) is 11.1. The molecule has 0 aromatic heterocycles. The fraction of sp³-hybridized carbons (Fsp3) is 0.143. The molecule has 3 heteroatoms.